The Morgan fingerprint density at radius 2 is 1.06 bits per heavy atom. The summed E-state index contributed by atoms with van der Waals surface area (Å²) in [5.74, 6) is 0. The van der Waals surface area contributed by atoms with Crippen molar-refractivity contribution in [2.24, 2.45) is 0 Å². The van der Waals surface area contributed by atoms with Crippen molar-refractivity contribution in [3.05, 3.63) is 109 Å². The molecular formula is C30H27N. The smallest absolute Gasteiger partial charge is 0.0501 e. The molecule has 31 heavy (non-hydrogen) atoms. The summed E-state index contributed by atoms with van der Waals surface area (Å²) < 4.78 is 0. The maximum Gasteiger partial charge on any atom is 0.0501 e. The Labute approximate surface area is 184 Å². The normalized spacial score (nSPS) is 11.7. The monoisotopic (exact) mass is 401 g/mol. The third-order valence-electron chi connectivity index (χ3n) is 5.89. The van der Waals surface area contributed by atoms with Gasteiger partial charge in [0.05, 0.1) is 5.69 Å². The van der Waals surface area contributed by atoms with E-state index in [0.717, 1.165) is 0 Å². The number of hydrogen-bond donors (Lipinski definition) is 0. The first-order valence-electron chi connectivity index (χ1n) is 10.9. The van der Waals surface area contributed by atoms with Crippen LogP contribution < -0.4 is 4.90 Å². The lowest BCUT2D eigenvalue weighted by Crippen LogP contribution is -2.37. The van der Waals surface area contributed by atoms with Crippen LogP contribution in [-0.4, -0.2) is 5.54 Å². The number of hydrogen-bond acceptors (Lipinski definition) is 1. The second-order valence-corrected chi connectivity index (χ2v) is 9.08. The maximum atomic E-state index is 2.47. The fraction of sp³-hybridized carbons (Fsp3) is 0.133. The van der Waals surface area contributed by atoms with Crippen molar-refractivity contribution >= 4 is 32.9 Å². The molecule has 5 rings (SSSR count). The molecule has 0 aliphatic heterocycles. The summed E-state index contributed by atoms with van der Waals surface area (Å²) in [6.45, 7) is 6.84. The summed E-state index contributed by atoms with van der Waals surface area (Å²) in [6.07, 6.45) is 0. The van der Waals surface area contributed by atoms with E-state index in [0.29, 0.717) is 0 Å². The van der Waals surface area contributed by atoms with Crippen molar-refractivity contribution in [1.29, 1.82) is 0 Å². The van der Waals surface area contributed by atoms with Gasteiger partial charge >= 0.3 is 0 Å². The second-order valence-electron chi connectivity index (χ2n) is 9.08. The van der Waals surface area contributed by atoms with Gasteiger partial charge in [-0.15, -0.1) is 0 Å². The minimum atomic E-state index is -0.0838. The molecule has 0 atom stereocenters. The maximum absolute atomic E-state index is 2.47. The standard InChI is InChI=1S/C30H27N/c1-30(2,3)31(25-19-17-23(18-20-25)22-11-5-4-6-12-22)29-21-24-13-7-8-14-26(24)27-15-9-10-16-28(27)29/h4-21H,1-3H3. The Morgan fingerprint density at radius 3 is 1.74 bits per heavy atom. The minimum absolute atomic E-state index is 0.0838. The summed E-state index contributed by atoms with van der Waals surface area (Å²) in [4.78, 5) is 2.47. The van der Waals surface area contributed by atoms with Gasteiger partial charge in [0, 0.05) is 16.6 Å². The van der Waals surface area contributed by atoms with E-state index >= 15 is 0 Å². The molecule has 0 aliphatic rings. The van der Waals surface area contributed by atoms with E-state index in [1.54, 1.807) is 0 Å². The summed E-state index contributed by atoms with van der Waals surface area (Å²) >= 11 is 0. The molecule has 0 bridgehead atoms. The van der Waals surface area contributed by atoms with Crippen molar-refractivity contribution in [2.45, 2.75) is 26.3 Å². The van der Waals surface area contributed by atoms with Crippen molar-refractivity contribution in [1.82, 2.24) is 0 Å². The highest BCUT2D eigenvalue weighted by Crippen LogP contribution is 2.41. The Morgan fingerprint density at radius 1 is 0.516 bits per heavy atom. The molecule has 0 aliphatic carbocycles. The molecule has 0 fully saturated rings. The number of benzene rings is 5. The third-order valence-corrected chi connectivity index (χ3v) is 5.89. The van der Waals surface area contributed by atoms with Crippen LogP contribution in [0.5, 0.6) is 0 Å². The highest BCUT2D eigenvalue weighted by Gasteiger charge is 2.25. The number of fused-ring (bicyclic) bond motifs is 3. The molecule has 5 aromatic rings. The molecule has 0 unspecified atom stereocenters. The first kappa shape index (κ1) is 19.4. The summed E-state index contributed by atoms with van der Waals surface area (Å²) in [5, 5.41) is 5.15. The molecule has 0 saturated carbocycles. The molecule has 0 spiro atoms. The van der Waals surface area contributed by atoms with Crippen LogP contribution in [0.2, 0.25) is 0 Å². The molecule has 0 amide bonds. The van der Waals surface area contributed by atoms with Gasteiger partial charge in [-0.2, -0.15) is 0 Å². The predicted octanol–water partition coefficient (Wildman–Crippen LogP) is 8.60. The highest BCUT2D eigenvalue weighted by atomic mass is 15.2. The number of nitrogens with zero attached hydrogens (tertiary/aromatic N) is 1. The van der Waals surface area contributed by atoms with E-state index in [1.807, 2.05) is 0 Å². The molecule has 5 aromatic carbocycles. The van der Waals surface area contributed by atoms with Crippen LogP contribution in [0, 0.1) is 0 Å². The third kappa shape index (κ3) is 3.57. The van der Waals surface area contributed by atoms with Gasteiger partial charge in [0.1, 0.15) is 0 Å². The van der Waals surface area contributed by atoms with Crippen LogP contribution >= 0.6 is 0 Å². The fourth-order valence-corrected chi connectivity index (χ4v) is 4.54. The molecule has 0 radical (unpaired) electrons. The van der Waals surface area contributed by atoms with E-state index in [2.05, 4.69) is 135 Å². The van der Waals surface area contributed by atoms with E-state index in [9.17, 15) is 0 Å². The lowest BCUT2D eigenvalue weighted by atomic mass is 9.95. The molecule has 0 aromatic heterocycles. The van der Waals surface area contributed by atoms with Crippen LogP contribution in [0.1, 0.15) is 20.8 Å². The van der Waals surface area contributed by atoms with Gasteiger partial charge in [-0.3, -0.25) is 0 Å². The second kappa shape index (κ2) is 7.59. The van der Waals surface area contributed by atoms with Crippen LogP contribution in [0.4, 0.5) is 11.4 Å². The van der Waals surface area contributed by atoms with Gasteiger partial charge in [-0.25, -0.2) is 0 Å². The van der Waals surface area contributed by atoms with Gasteiger partial charge in [0.15, 0.2) is 0 Å². The quantitative estimate of drug-likeness (QED) is 0.274. The zero-order valence-electron chi connectivity index (χ0n) is 18.3. The van der Waals surface area contributed by atoms with E-state index in [1.165, 1.54) is 44.0 Å². The molecule has 1 heteroatoms. The molecule has 0 saturated heterocycles. The highest BCUT2D eigenvalue weighted by molar-refractivity contribution is 6.13. The van der Waals surface area contributed by atoms with E-state index in [-0.39, 0.29) is 5.54 Å². The summed E-state index contributed by atoms with van der Waals surface area (Å²) in [5.41, 5.74) is 4.84. The van der Waals surface area contributed by atoms with Crippen molar-refractivity contribution < 1.29 is 0 Å². The summed E-state index contributed by atoms with van der Waals surface area (Å²) in [7, 11) is 0. The Balaban J connectivity index is 1.71. The predicted molar refractivity (Wildman–Crippen MR) is 135 cm³/mol. The first-order chi connectivity index (χ1) is 15.0. The van der Waals surface area contributed by atoms with Gasteiger partial charge in [0.25, 0.3) is 0 Å². The van der Waals surface area contributed by atoms with Gasteiger partial charge in [-0.05, 0) is 66.3 Å². The Bertz CT molecular complexity index is 1340. The average Bonchev–Trinajstić information content (AvgIpc) is 2.79. The SMILES string of the molecule is CC(C)(C)N(c1ccc(-c2ccccc2)cc1)c1cc2ccccc2c2ccccc12. The first-order valence-corrected chi connectivity index (χ1v) is 10.9. The molecule has 0 heterocycles. The van der Waals surface area contributed by atoms with Gasteiger partial charge in [-0.1, -0.05) is 91.0 Å². The largest absolute Gasteiger partial charge is 0.336 e. The molecule has 152 valence electrons. The molecular weight excluding hydrogens is 374 g/mol. The lowest BCUT2D eigenvalue weighted by Gasteiger charge is -2.39. The zero-order chi connectivity index (χ0) is 21.4. The van der Waals surface area contributed by atoms with Crippen LogP contribution in [0.15, 0.2) is 109 Å². The Kier molecular flexibility index (Phi) is 4.75. The average molecular weight is 402 g/mol. The van der Waals surface area contributed by atoms with Crippen LogP contribution in [0.3, 0.4) is 0 Å². The number of anilines is 2. The fourth-order valence-electron chi connectivity index (χ4n) is 4.54. The topological polar surface area (TPSA) is 3.24 Å². The Hall–Kier alpha value is -3.58. The summed E-state index contributed by atoms with van der Waals surface area (Å²) in [6, 6.07) is 39.3. The van der Waals surface area contributed by atoms with Crippen LogP contribution in [0.25, 0.3) is 32.7 Å². The van der Waals surface area contributed by atoms with Gasteiger partial charge in [0.2, 0.25) is 0 Å². The molecule has 0 N–H and O–H groups in total. The van der Waals surface area contributed by atoms with Gasteiger partial charge < -0.3 is 4.90 Å². The lowest BCUT2D eigenvalue weighted by molar-refractivity contribution is 0.562. The minimum Gasteiger partial charge on any atom is -0.336 e. The number of rotatable bonds is 3. The zero-order valence-corrected chi connectivity index (χ0v) is 18.3. The van der Waals surface area contributed by atoms with Crippen molar-refractivity contribution in [3.63, 3.8) is 0 Å². The molecule has 1 nitrogen and oxygen atoms in total. The van der Waals surface area contributed by atoms with E-state index in [4.69, 9.17) is 0 Å². The van der Waals surface area contributed by atoms with Crippen molar-refractivity contribution in [3.8, 4) is 11.1 Å². The van der Waals surface area contributed by atoms with Crippen molar-refractivity contribution in [2.75, 3.05) is 4.90 Å². The van der Waals surface area contributed by atoms with Crippen LogP contribution in [-0.2, 0) is 0 Å². The van der Waals surface area contributed by atoms with E-state index < -0.39 is 0 Å².